The van der Waals surface area contributed by atoms with E-state index in [-0.39, 0.29) is 6.04 Å². The molecule has 1 aliphatic rings. The van der Waals surface area contributed by atoms with Crippen LogP contribution in [-0.4, -0.2) is 51.6 Å². The highest BCUT2D eigenvalue weighted by molar-refractivity contribution is 5.91. The Morgan fingerprint density at radius 3 is 2.62 bits per heavy atom. The maximum Gasteiger partial charge on any atom is 0.407 e. The van der Waals surface area contributed by atoms with Crippen LogP contribution in [0.4, 0.5) is 16.3 Å². The lowest BCUT2D eigenvalue weighted by molar-refractivity contribution is 0.136. The monoisotopic (exact) mass is 457 g/mol. The minimum Gasteiger partial charge on any atom is -0.489 e. The van der Waals surface area contributed by atoms with Crippen molar-refractivity contribution in [3.8, 4) is 11.4 Å². The van der Waals surface area contributed by atoms with Crippen LogP contribution in [0.2, 0.25) is 0 Å². The SMILES string of the molecule is C[C@H]1CN(C(=O)O)CCN1c1cccc(-n2nc(N)c3ccc(OCc4ccccc4)cc32)c1. The van der Waals surface area contributed by atoms with Gasteiger partial charge in [0, 0.05) is 42.8 Å². The number of hydrogen-bond donors (Lipinski definition) is 2. The van der Waals surface area contributed by atoms with Gasteiger partial charge in [0.25, 0.3) is 0 Å². The molecule has 3 aromatic carbocycles. The fourth-order valence-corrected chi connectivity index (χ4v) is 4.46. The molecule has 0 radical (unpaired) electrons. The molecule has 0 unspecified atom stereocenters. The maximum absolute atomic E-state index is 11.3. The first-order valence-corrected chi connectivity index (χ1v) is 11.3. The number of aromatic nitrogens is 2. The Morgan fingerprint density at radius 1 is 1.06 bits per heavy atom. The molecule has 0 bridgehead atoms. The van der Waals surface area contributed by atoms with E-state index in [4.69, 9.17) is 10.5 Å². The van der Waals surface area contributed by atoms with Gasteiger partial charge in [-0.25, -0.2) is 9.48 Å². The second-order valence-corrected chi connectivity index (χ2v) is 8.54. The lowest BCUT2D eigenvalue weighted by Crippen LogP contribution is -2.53. The molecular formula is C26H27N5O3. The molecule has 34 heavy (non-hydrogen) atoms. The van der Waals surface area contributed by atoms with E-state index in [1.165, 1.54) is 4.90 Å². The largest absolute Gasteiger partial charge is 0.489 e. The zero-order chi connectivity index (χ0) is 23.7. The molecule has 8 heteroatoms. The van der Waals surface area contributed by atoms with Crippen LogP contribution < -0.4 is 15.4 Å². The van der Waals surface area contributed by atoms with E-state index < -0.39 is 6.09 Å². The molecule has 0 spiro atoms. The molecule has 0 aliphatic carbocycles. The first-order chi connectivity index (χ1) is 16.5. The minimum absolute atomic E-state index is 0.0672. The second-order valence-electron chi connectivity index (χ2n) is 8.54. The molecule has 1 aromatic heterocycles. The lowest BCUT2D eigenvalue weighted by Gasteiger charge is -2.40. The summed E-state index contributed by atoms with van der Waals surface area (Å²) in [6.45, 7) is 4.10. The van der Waals surface area contributed by atoms with E-state index in [0.29, 0.717) is 32.1 Å². The molecule has 1 saturated heterocycles. The van der Waals surface area contributed by atoms with Crippen molar-refractivity contribution >= 4 is 28.5 Å². The highest BCUT2D eigenvalue weighted by Crippen LogP contribution is 2.30. The van der Waals surface area contributed by atoms with Gasteiger partial charge in [-0.2, -0.15) is 0 Å². The van der Waals surface area contributed by atoms with Gasteiger partial charge in [-0.15, -0.1) is 5.10 Å². The van der Waals surface area contributed by atoms with E-state index in [2.05, 4.69) is 16.1 Å². The average molecular weight is 458 g/mol. The number of anilines is 2. The van der Waals surface area contributed by atoms with Crippen LogP contribution in [0.3, 0.4) is 0 Å². The summed E-state index contributed by atoms with van der Waals surface area (Å²) in [5, 5.41) is 14.8. The van der Waals surface area contributed by atoms with Crippen LogP contribution in [0.5, 0.6) is 5.75 Å². The van der Waals surface area contributed by atoms with Gasteiger partial charge < -0.3 is 25.4 Å². The molecule has 5 rings (SSSR count). The van der Waals surface area contributed by atoms with Crippen LogP contribution in [0, 0.1) is 0 Å². The van der Waals surface area contributed by atoms with Gasteiger partial charge in [0.1, 0.15) is 12.4 Å². The summed E-state index contributed by atoms with van der Waals surface area (Å²) in [6, 6.07) is 24.0. The number of rotatable bonds is 5. The van der Waals surface area contributed by atoms with Crippen molar-refractivity contribution < 1.29 is 14.6 Å². The highest BCUT2D eigenvalue weighted by atomic mass is 16.5. The molecule has 1 amide bonds. The first-order valence-electron chi connectivity index (χ1n) is 11.3. The van der Waals surface area contributed by atoms with Crippen LogP contribution in [0.1, 0.15) is 12.5 Å². The van der Waals surface area contributed by atoms with Gasteiger partial charge in [-0.1, -0.05) is 36.4 Å². The van der Waals surface area contributed by atoms with E-state index in [0.717, 1.165) is 33.6 Å². The van der Waals surface area contributed by atoms with Crippen molar-refractivity contribution in [2.24, 2.45) is 0 Å². The Kier molecular flexibility index (Phi) is 5.71. The van der Waals surface area contributed by atoms with Gasteiger partial charge in [0.15, 0.2) is 5.82 Å². The predicted octanol–water partition coefficient (Wildman–Crippen LogP) is 4.38. The van der Waals surface area contributed by atoms with Crippen LogP contribution >= 0.6 is 0 Å². The minimum atomic E-state index is -0.871. The second kappa shape index (κ2) is 8.97. The fraction of sp³-hybridized carbons (Fsp3) is 0.231. The number of nitrogen functional groups attached to an aromatic ring is 1. The van der Waals surface area contributed by atoms with Crippen LogP contribution in [0.25, 0.3) is 16.6 Å². The number of nitrogens with two attached hydrogens (primary N) is 1. The van der Waals surface area contributed by atoms with Crippen molar-refractivity contribution in [1.29, 1.82) is 0 Å². The summed E-state index contributed by atoms with van der Waals surface area (Å²) in [4.78, 5) is 15.0. The van der Waals surface area contributed by atoms with Gasteiger partial charge >= 0.3 is 6.09 Å². The number of piperazine rings is 1. The van der Waals surface area contributed by atoms with E-state index in [1.54, 1.807) is 0 Å². The van der Waals surface area contributed by atoms with Crippen molar-refractivity contribution in [3.63, 3.8) is 0 Å². The summed E-state index contributed by atoms with van der Waals surface area (Å²) in [5.74, 6) is 1.20. The molecule has 0 saturated carbocycles. The zero-order valence-electron chi connectivity index (χ0n) is 19.0. The topological polar surface area (TPSA) is 96.9 Å². The number of amides is 1. The first kappa shape index (κ1) is 21.6. The Hall–Kier alpha value is -4.20. The molecule has 2 heterocycles. The number of carbonyl (C=O) groups is 1. The van der Waals surface area contributed by atoms with Crippen molar-refractivity contribution in [1.82, 2.24) is 14.7 Å². The highest BCUT2D eigenvalue weighted by Gasteiger charge is 2.26. The third kappa shape index (κ3) is 4.22. The average Bonchev–Trinajstić information content (AvgIpc) is 3.19. The molecule has 1 atom stereocenters. The van der Waals surface area contributed by atoms with E-state index >= 15 is 0 Å². The summed E-state index contributed by atoms with van der Waals surface area (Å²) in [7, 11) is 0. The maximum atomic E-state index is 11.3. The fourth-order valence-electron chi connectivity index (χ4n) is 4.46. The summed E-state index contributed by atoms with van der Waals surface area (Å²) in [5.41, 5.74) is 10.1. The van der Waals surface area contributed by atoms with Crippen LogP contribution in [-0.2, 0) is 6.61 Å². The molecule has 1 fully saturated rings. The molecule has 8 nitrogen and oxygen atoms in total. The van der Waals surface area contributed by atoms with Gasteiger partial charge in [-0.05, 0) is 42.8 Å². The smallest absolute Gasteiger partial charge is 0.407 e. The number of hydrogen-bond acceptors (Lipinski definition) is 5. The van der Waals surface area contributed by atoms with Gasteiger partial charge in [-0.3, -0.25) is 0 Å². The lowest BCUT2D eigenvalue weighted by atomic mass is 10.1. The number of ether oxygens (including phenoxy) is 1. The van der Waals surface area contributed by atoms with Crippen LogP contribution in [0.15, 0.2) is 72.8 Å². The quantitative estimate of drug-likeness (QED) is 0.462. The summed E-state index contributed by atoms with van der Waals surface area (Å²) < 4.78 is 7.85. The molecule has 1 aliphatic heterocycles. The van der Waals surface area contributed by atoms with Crippen molar-refractivity contribution in [3.05, 3.63) is 78.4 Å². The van der Waals surface area contributed by atoms with Gasteiger partial charge in [0.05, 0.1) is 11.2 Å². The van der Waals surface area contributed by atoms with E-state index in [1.807, 2.05) is 78.3 Å². The number of nitrogens with zero attached hydrogens (tertiary/aromatic N) is 4. The van der Waals surface area contributed by atoms with Crippen molar-refractivity contribution in [2.75, 3.05) is 30.3 Å². The molecule has 174 valence electrons. The Morgan fingerprint density at radius 2 is 1.85 bits per heavy atom. The Labute approximate surface area is 197 Å². The Balaban J connectivity index is 1.43. The zero-order valence-corrected chi connectivity index (χ0v) is 19.0. The van der Waals surface area contributed by atoms with E-state index in [9.17, 15) is 9.90 Å². The summed E-state index contributed by atoms with van der Waals surface area (Å²) in [6.07, 6.45) is -0.871. The van der Waals surface area contributed by atoms with Gasteiger partial charge in [0.2, 0.25) is 0 Å². The number of benzene rings is 3. The molecule has 4 aromatic rings. The molecular weight excluding hydrogens is 430 g/mol. The molecule has 3 N–H and O–H groups in total. The third-order valence-corrected chi connectivity index (χ3v) is 6.23. The Bertz CT molecular complexity index is 1320. The normalized spacial score (nSPS) is 16.1. The number of carboxylic acid groups (broad SMARTS) is 1. The third-order valence-electron chi connectivity index (χ3n) is 6.23. The number of fused-ring (bicyclic) bond motifs is 1. The predicted molar refractivity (Wildman–Crippen MR) is 133 cm³/mol. The standard InChI is InChI=1S/C26H27N5O3/c1-18-16-29(26(32)33)12-13-30(18)20-8-5-9-21(14-20)31-24-15-22(10-11-23(24)25(27)28-31)34-17-19-6-3-2-4-7-19/h2-11,14-15,18H,12-13,16-17H2,1H3,(H2,27,28)(H,32,33)/t18-/m0/s1. The van der Waals surface area contributed by atoms with Crippen molar-refractivity contribution in [2.45, 2.75) is 19.6 Å². The summed E-state index contributed by atoms with van der Waals surface area (Å²) >= 11 is 0.